The highest BCUT2D eigenvalue weighted by Gasteiger charge is 2.36. The number of anilines is 1. The molecule has 8 heteroatoms. The zero-order valence-corrected chi connectivity index (χ0v) is 18.5. The van der Waals surface area contributed by atoms with Gasteiger partial charge in [0, 0.05) is 16.8 Å². The van der Waals surface area contributed by atoms with Crippen LogP contribution >= 0.6 is 0 Å². The summed E-state index contributed by atoms with van der Waals surface area (Å²) in [4.78, 5) is 17.3. The number of para-hydroxylation sites is 1. The summed E-state index contributed by atoms with van der Waals surface area (Å²) in [5.41, 5.74) is 8.41. The lowest BCUT2D eigenvalue weighted by Crippen LogP contribution is -2.32. The first-order valence-corrected chi connectivity index (χ1v) is 10.5. The number of nitrogens with one attached hydrogen (secondary N) is 1. The molecule has 5 rings (SSSR count). The average Bonchev–Trinajstić information content (AvgIpc) is 3.25. The summed E-state index contributed by atoms with van der Waals surface area (Å²) in [7, 11) is 3.13. The highest BCUT2D eigenvalue weighted by Crippen LogP contribution is 2.43. The molecular weight excluding hydrogens is 418 g/mol. The normalized spacial score (nSPS) is 15.2. The van der Waals surface area contributed by atoms with Gasteiger partial charge in [-0.05, 0) is 23.8 Å². The summed E-state index contributed by atoms with van der Waals surface area (Å²) < 4.78 is 12.8. The van der Waals surface area contributed by atoms with Crippen LogP contribution in [0.4, 0.5) is 5.95 Å². The van der Waals surface area contributed by atoms with E-state index in [9.17, 15) is 4.79 Å². The van der Waals surface area contributed by atoms with E-state index in [0.717, 1.165) is 16.3 Å². The van der Waals surface area contributed by atoms with Crippen LogP contribution in [-0.2, 0) is 4.79 Å². The van der Waals surface area contributed by atoms with E-state index >= 15 is 0 Å². The monoisotopic (exact) mass is 441 g/mol. The molecule has 0 spiro atoms. The number of nitrogens with zero attached hydrogens (tertiary/aromatic N) is 3. The standard InChI is InChI=1S/C25H23N5O3/c1-14-20(23(26)31)21(18-12-7-13-19(32-2)22(18)33-3)30-25(27-14)28-24(29-30)17-11-6-9-15-8-4-5-10-16(15)17/h4-13,21H,1-3H3,(H2,26,31)(H,27,28,29). The van der Waals surface area contributed by atoms with Crippen molar-refractivity contribution in [2.45, 2.75) is 13.0 Å². The molecule has 0 bridgehead atoms. The van der Waals surface area contributed by atoms with Crippen molar-refractivity contribution >= 4 is 22.6 Å². The van der Waals surface area contributed by atoms with Crippen LogP contribution < -0.4 is 20.5 Å². The van der Waals surface area contributed by atoms with Crippen molar-refractivity contribution in [3.63, 3.8) is 0 Å². The zero-order chi connectivity index (χ0) is 23.1. The fraction of sp³-hybridized carbons (Fsp3) is 0.160. The Kier molecular flexibility index (Phi) is 4.97. The number of ether oxygens (including phenoxy) is 2. The Bertz CT molecular complexity index is 1420. The summed E-state index contributed by atoms with van der Waals surface area (Å²) in [6.07, 6.45) is 0. The molecule has 1 unspecified atom stereocenters. The van der Waals surface area contributed by atoms with Crippen molar-refractivity contribution in [1.82, 2.24) is 14.8 Å². The van der Waals surface area contributed by atoms with E-state index in [0.29, 0.717) is 40.1 Å². The number of methoxy groups -OCH3 is 2. The Balaban J connectivity index is 1.75. The molecule has 2 heterocycles. The first-order chi connectivity index (χ1) is 16.0. The summed E-state index contributed by atoms with van der Waals surface area (Å²) in [5, 5.41) is 10.2. The molecule has 166 valence electrons. The fourth-order valence-electron chi connectivity index (χ4n) is 4.42. The smallest absolute Gasteiger partial charge is 0.248 e. The van der Waals surface area contributed by atoms with Gasteiger partial charge in [-0.3, -0.25) is 4.79 Å². The fourth-order valence-corrected chi connectivity index (χ4v) is 4.42. The second kappa shape index (κ2) is 7.98. The van der Waals surface area contributed by atoms with Crippen molar-refractivity contribution in [3.05, 3.63) is 77.5 Å². The molecular formula is C25H23N5O3. The molecule has 1 aliphatic heterocycles. The van der Waals surface area contributed by atoms with Crippen LogP contribution in [0.15, 0.2) is 71.9 Å². The maximum absolute atomic E-state index is 12.6. The number of carbonyl (C=O) groups excluding carboxylic acids is 1. The molecule has 8 nitrogen and oxygen atoms in total. The Morgan fingerprint density at radius 1 is 1.03 bits per heavy atom. The number of amides is 1. The largest absolute Gasteiger partial charge is 0.493 e. The predicted octanol–water partition coefficient (Wildman–Crippen LogP) is 3.89. The van der Waals surface area contributed by atoms with E-state index in [1.54, 1.807) is 31.9 Å². The molecule has 1 atom stereocenters. The number of hydrogen-bond acceptors (Lipinski definition) is 6. The third-order valence-electron chi connectivity index (χ3n) is 5.88. The molecule has 1 aliphatic rings. The van der Waals surface area contributed by atoms with E-state index in [4.69, 9.17) is 25.3 Å². The number of fused-ring (bicyclic) bond motifs is 2. The summed E-state index contributed by atoms with van der Waals surface area (Å²) in [6, 6.07) is 19.0. The molecule has 1 amide bonds. The van der Waals surface area contributed by atoms with E-state index in [2.05, 4.69) is 5.32 Å². The minimum Gasteiger partial charge on any atom is -0.493 e. The van der Waals surface area contributed by atoms with Crippen LogP contribution in [0.2, 0.25) is 0 Å². The molecule has 3 N–H and O–H groups in total. The number of primary amides is 1. The number of rotatable bonds is 5. The maximum atomic E-state index is 12.6. The van der Waals surface area contributed by atoms with Crippen molar-refractivity contribution in [2.75, 3.05) is 19.5 Å². The van der Waals surface area contributed by atoms with Gasteiger partial charge in [0.15, 0.2) is 17.3 Å². The lowest BCUT2D eigenvalue weighted by Gasteiger charge is -2.29. The van der Waals surface area contributed by atoms with Gasteiger partial charge in [0.05, 0.1) is 19.8 Å². The highest BCUT2D eigenvalue weighted by molar-refractivity contribution is 5.97. The van der Waals surface area contributed by atoms with E-state index in [1.807, 2.05) is 54.6 Å². The highest BCUT2D eigenvalue weighted by atomic mass is 16.5. The van der Waals surface area contributed by atoms with Gasteiger partial charge in [0.1, 0.15) is 6.04 Å². The summed E-state index contributed by atoms with van der Waals surface area (Å²) in [6.45, 7) is 1.80. The van der Waals surface area contributed by atoms with Gasteiger partial charge in [-0.2, -0.15) is 4.98 Å². The Morgan fingerprint density at radius 3 is 2.55 bits per heavy atom. The average molecular weight is 441 g/mol. The first-order valence-electron chi connectivity index (χ1n) is 10.5. The van der Waals surface area contributed by atoms with Crippen molar-refractivity contribution < 1.29 is 14.3 Å². The van der Waals surface area contributed by atoms with Crippen LogP contribution in [0.25, 0.3) is 22.2 Å². The minimum atomic E-state index is -0.639. The van der Waals surface area contributed by atoms with Gasteiger partial charge >= 0.3 is 0 Å². The second-order valence-electron chi connectivity index (χ2n) is 7.74. The lowest BCUT2D eigenvalue weighted by atomic mass is 9.94. The minimum absolute atomic E-state index is 0.378. The van der Waals surface area contributed by atoms with Gasteiger partial charge in [-0.15, -0.1) is 5.10 Å². The summed E-state index contributed by atoms with van der Waals surface area (Å²) >= 11 is 0. The third kappa shape index (κ3) is 3.27. The quantitative estimate of drug-likeness (QED) is 0.487. The van der Waals surface area contributed by atoms with E-state index in [-0.39, 0.29) is 0 Å². The van der Waals surface area contributed by atoms with Gasteiger partial charge < -0.3 is 20.5 Å². The molecule has 0 saturated carbocycles. The van der Waals surface area contributed by atoms with Gasteiger partial charge in [-0.25, -0.2) is 4.68 Å². The van der Waals surface area contributed by atoms with E-state index in [1.165, 1.54) is 0 Å². The Labute approximate surface area is 190 Å². The molecule has 0 saturated heterocycles. The molecule has 0 fully saturated rings. The van der Waals surface area contributed by atoms with Crippen LogP contribution in [0.1, 0.15) is 18.5 Å². The lowest BCUT2D eigenvalue weighted by molar-refractivity contribution is -0.115. The molecule has 1 aromatic heterocycles. The molecule has 0 radical (unpaired) electrons. The SMILES string of the molecule is COc1cccc(C2C(C(N)=O)=C(C)Nc3nc(-c4cccc5ccccc45)nn32)c1OC. The second-order valence-corrected chi connectivity index (χ2v) is 7.74. The van der Waals surface area contributed by atoms with Gasteiger partial charge in [-0.1, -0.05) is 54.6 Å². The number of aromatic nitrogens is 3. The molecule has 33 heavy (non-hydrogen) atoms. The van der Waals surface area contributed by atoms with Crippen LogP contribution in [0, 0.1) is 0 Å². The number of benzene rings is 3. The molecule has 3 aromatic carbocycles. The molecule has 4 aromatic rings. The van der Waals surface area contributed by atoms with Crippen molar-refractivity contribution in [2.24, 2.45) is 5.73 Å². The number of nitrogens with two attached hydrogens (primary N) is 1. The number of hydrogen-bond donors (Lipinski definition) is 2. The molecule has 0 aliphatic carbocycles. The first kappa shape index (κ1) is 20.6. The number of carbonyl (C=O) groups is 1. The van der Waals surface area contributed by atoms with Crippen LogP contribution in [0.5, 0.6) is 11.5 Å². The Hall–Kier alpha value is -4.33. The predicted molar refractivity (Wildman–Crippen MR) is 126 cm³/mol. The van der Waals surface area contributed by atoms with Gasteiger partial charge in [0.25, 0.3) is 0 Å². The third-order valence-corrected chi connectivity index (χ3v) is 5.88. The number of allylic oxidation sites excluding steroid dienone is 1. The van der Waals surface area contributed by atoms with Gasteiger partial charge in [0.2, 0.25) is 11.9 Å². The topological polar surface area (TPSA) is 104 Å². The van der Waals surface area contributed by atoms with Crippen molar-refractivity contribution in [1.29, 1.82) is 0 Å². The van der Waals surface area contributed by atoms with Crippen LogP contribution in [0.3, 0.4) is 0 Å². The maximum Gasteiger partial charge on any atom is 0.248 e. The Morgan fingerprint density at radius 2 is 1.79 bits per heavy atom. The zero-order valence-electron chi connectivity index (χ0n) is 18.5. The summed E-state index contributed by atoms with van der Waals surface area (Å²) in [5.74, 6) is 1.55. The van der Waals surface area contributed by atoms with Crippen LogP contribution in [-0.4, -0.2) is 34.9 Å². The van der Waals surface area contributed by atoms with E-state index < -0.39 is 11.9 Å². The van der Waals surface area contributed by atoms with Crippen molar-refractivity contribution in [3.8, 4) is 22.9 Å².